The summed E-state index contributed by atoms with van der Waals surface area (Å²) in [4.78, 5) is 39.8. The zero-order chi connectivity index (χ0) is 17.1. The average molecular weight is 319 g/mol. The van der Waals surface area contributed by atoms with Crippen molar-refractivity contribution in [3.63, 3.8) is 0 Å². The van der Waals surface area contributed by atoms with Crippen LogP contribution >= 0.6 is 0 Å². The molecule has 2 rings (SSSR count). The monoisotopic (exact) mass is 319 g/mol. The molecule has 0 fully saturated rings. The highest BCUT2D eigenvalue weighted by Gasteiger charge is 2.18. The summed E-state index contributed by atoms with van der Waals surface area (Å²) in [5.41, 5.74) is 0.179. The van der Waals surface area contributed by atoms with Crippen molar-refractivity contribution < 1.29 is 4.79 Å². The zero-order valence-electron chi connectivity index (χ0n) is 13.7. The van der Waals surface area contributed by atoms with E-state index in [1.807, 2.05) is 11.6 Å². The summed E-state index contributed by atoms with van der Waals surface area (Å²) in [6.45, 7) is 7.57. The molecule has 2 aromatic rings. The predicted molar refractivity (Wildman–Crippen MR) is 87.0 cm³/mol. The molecule has 0 unspecified atom stereocenters. The summed E-state index contributed by atoms with van der Waals surface area (Å²) in [5, 5.41) is 6.85. The summed E-state index contributed by atoms with van der Waals surface area (Å²) in [7, 11) is 0. The molecule has 0 atom stereocenters. The van der Waals surface area contributed by atoms with Gasteiger partial charge in [0.25, 0.3) is 11.5 Å². The lowest BCUT2D eigenvalue weighted by Crippen LogP contribution is -2.28. The maximum absolute atomic E-state index is 12.3. The Bertz CT molecular complexity index is 826. The molecular formula is C15H21N5O3. The van der Waals surface area contributed by atoms with E-state index >= 15 is 0 Å². The largest absolute Gasteiger partial charge is 0.326 e. The molecule has 124 valence electrons. The zero-order valence-corrected chi connectivity index (χ0v) is 13.7. The van der Waals surface area contributed by atoms with Gasteiger partial charge in [0.2, 0.25) is 0 Å². The van der Waals surface area contributed by atoms with Crippen LogP contribution in [0.2, 0.25) is 0 Å². The van der Waals surface area contributed by atoms with Gasteiger partial charge in [0.15, 0.2) is 5.69 Å². The SMILES string of the molecule is CCC(CC)n1nc(C(=O)Nc2c(C)[nH]c(=O)[nH]c2=O)cc1C. The van der Waals surface area contributed by atoms with Gasteiger partial charge in [-0.05, 0) is 32.8 Å². The quantitative estimate of drug-likeness (QED) is 0.775. The minimum atomic E-state index is -0.643. The number of carbonyl (C=O) groups is 1. The number of aromatic amines is 2. The van der Waals surface area contributed by atoms with Gasteiger partial charge in [0.05, 0.1) is 6.04 Å². The lowest BCUT2D eigenvalue weighted by Gasteiger charge is -2.14. The second-order valence-electron chi connectivity index (χ2n) is 5.45. The Morgan fingerprint density at radius 3 is 2.48 bits per heavy atom. The van der Waals surface area contributed by atoms with Crippen molar-refractivity contribution in [3.8, 4) is 0 Å². The Balaban J connectivity index is 2.31. The molecule has 8 nitrogen and oxygen atoms in total. The minimum absolute atomic E-state index is 0.0179. The fraction of sp³-hybridized carbons (Fsp3) is 0.467. The van der Waals surface area contributed by atoms with Crippen LogP contribution in [0.5, 0.6) is 0 Å². The fourth-order valence-corrected chi connectivity index (χ4v) is 2.53. The van der Waals surface area contributed by atoms with Crippen molar-refractivity contribution >= 4 is 11.6 Å². The first-order valence-corrected chi connectivity index (χ1v) is 7.58. The lowest BCUT2D eigenvalue weighted by molar-refractivity contribution is 0.102. The van der Waals surface area contributed by atoms with Crippen LogP contribution in [-0.4, -0.2) is 25.7 Å². The third kappa shape index (κ3) is 3.41. The molecule has 0 aliphatic rings. The topological polar surface area (TPSA) is 113 Å². The van der Waals surface area contributed by atoms with Crippen molar-refractivity contribution in [1.29, 1.82) is 0 Å². The molecule has 0 bridgehead atoms. The highest BCUT2D eigenvalue weighted by atomic mass is 16.2. The van der Waals surface area contributed by atoms with E-state index in [1.165, 1.54) is 0 Å². The molecule has 2 aromatic heterocycles. The molecule has 23 heavy (non-hydrogen) atoms. The normalized spacial score (nSPS) is 11.0. The van der Waals surface area contributed by atoms with Gasteiger partial charge in [0, 0.05) is 11.4 Å². The van der Waals surface area contributed by atoms with Gasteiger partial charge in [0.1, 0.15) is 5.69 Å². The van der Waals surface area contributed by atoms with Gasteiger partial charge in [-0.2, -0.15) is 5.10 Å². The number of amides is 1. The van der Waals surface area contributed by atoms with Gasteiger partial charge in [-0.15, -0.1) is 0 Å². The molecule has 0 saturated heterocycles. The summed E-state index contributed by atoms with van der Waals surface area (Å²) >= 11 is 0. The predicted octanol–water partition coefficient (Wildman–Crippen LogP) is 1.49. The molecule has 0 spiro atoms. The van der Waals surface area contributed by atoms with Crippen LogP contribution < -0.4 is 16.6 Å². The van der Waals surface area contributed by atoms with E-state index in [9.17, 15) is 14.4 Å². The smallest absolute Gasteiger partial charge is 0.314 e. The number of aromatic nitrogens is 4. The molecule has 3 N–H and O–H groups in total. The second kappa shape index (κ2) is 6.64. The summed E-state index contributed by atoms with van der Waals surface area (Å²) < 4.78 is 1.83. The molecule has 2 heterocycles. The Morgan fingerprint density at radius 2 is 1.91 bits per heavy atom. The number of rotatable bonds is 5. The summed E-state index contributed by atoms with van der Waals surface area (Å²) in [5.74, 6) is -0.488. The van der Waals surface area contributed by atoms with Crippen molar-refractivity contribution in [1.82, 2.24) is 19.7 Å². The second-order valence-corrected chi connectivity index (χ2v) is 5.45. The molecule has 0 aromatic carbocycles. The van der Waals surface area contributed by atoms with Crippen LogP contribution in [-0.2, 0) is 0 Å². The number of nitrogens with zero attached hydrogens (tertiary/aromatic N) is 2. The number of hydrogen-bond donors (Lipinski definition) is 3. The standard InChI is InChI=1S/C15H21N5O3/c1-5-10(6-2)20-8(3)7-11(19-20)13(21)17-12-9(4)16-15(23)18-14(12)22/h7,10H,5-6H2,1-4H3,(H,17,21)(H2,16,18,22,23). The van der Waals surface area contributed by atoms with Crippen molar-refractivity contribution in [2.45, 2.75) is 46.6 Å². The number of aryl methyl sites for hydroxylation is 2. The average Bonchev–Trinajstić information content (AvgIpc) is 2.86. The number of hydrogen-bond acceptors (Lipinski definition) is 4. The maximum Gasteiger partial charge on any atom is 0.326 e. The Hall–Kier alpha value is -2.64. The van der Waals surface area contributed by atoms with E-state index in [2.05, 4.69) is 34.2 Å². The Morgan fingerprint density at radius 1 is 1.26 bits per heavy atom. The number of anilines is 1. The van der Waals surface area contributed by atoms with Gasteiger partial charge in [-0.1, -0.05) is 13.8 Å². The Labute approximate surface area is 132 Å². The first kappa shape index (κ1) is 16.7. The van der Waals surface area contributed by atoms with Crippen LogP contribution in [0.25, 0.3) is 0 Å². The van der Waals surface area contributed by atoms with Crippen LogP contribution in [0.4, 0.5) is 5.69 Å². The number of nitrogens with one attached hydrogen (secondary N) is 3. The lowest BCUT2D eigenvalue weighted by atomic mass is 10.2. The third-order valence-corrected chi connectivity index (χ3v) is 3.81. The minimum Gasteiger partial charge on any atom is -0.314 e. The fourth-order valence-electron chi connectivity index (χ4n) is 2.53. The summed E-state index contributed by atoms with van der Waals surface area (Å²) in [6.07, 6.45) is 1.83. The van der Waals surface area contributed by atoms with Gasteiger partial charge in [-0.25, -0.2) is 4.79 Å². The summed E-state index contributed by atoms with van der Waals surface area (Å²) in [6, 6.07) is 1.91. The van der Waals surface area contributed by atoms with Crippen LogP contribution in [0.3, 0.4) is 0 Å². The van der Waals surface area contributed by atoms with Gasteiger partial charge in [-0.3, -0.25) is 19.3 Å². The van der Waals surface area contributed by atoms with Gasteiger partial charge < -0.3 is 10.3 Å². The molecule has 0 aliphatic heterocycles. The molecule has 1 amide bonds. The van der Waals surface area contributed by atoms with Crippen LogP contribution in [0, 0.1) is 13.8 Å². The maximum atomic E-state index is 12.3. The number of H-pyrrole nitrogens is 2. The molecule has 8 heteroatoms. The molecular weight excluding hydrogens is 298 g/mol. The molecule has 0 saturated carbocycles. The van der Waals surface area contributed by atoms with E-state index in [1.54, 1.807) is 13.0 Å². The highest BCUT2D eigenvalue weighted by molar-refractivity contribution is 6.03. The number of carbonyl (C=O) groups excluding carboxylic acids is 1. The van der Waals surface area contributed by atoms with E-state index < -0.39 is 17.2 Å². The first-order valence-electron chi connectivity index (χ1n) is 7.58. The van der Waals surface area contributed by atoms with Gasteiger partial charge >= 0.3 is 5.69 Å². The highest BCUT2D eigenvalue weighted by Crippen LogP contribution is 2.18. The van der Waals surface area contributed by atoms with Crippen LogP contribution in [0.15, 0.2) is 15.7 Å². The van der Waals surface area contributed by atoms with E-state index in [0.717, 1.165) is 18.5 Å². The van der Waals surface area contributed by atoms with Crippen molar-refractivity contribution in [3.05, 3.63) is 44.0 Å². The first-order chi connectivity index (χ1) is 10.9. The molecule has 0 radical (unpaired) electrons. The molecule has 0 aliphatic carbocycles. The van der Waals surface area contributed by atoms with E-state index in [0.29, 0.717) is 5.69 Å². The van der Waals surface area contributed by atoms with Crippen molar-refractivity contribution in [2.24, 2.45) is 0 Å². The van der Waals surface area contributed by atoms with E-state index in [-0.39, 0.29) is 17.4 Å². The van der Waals surface area contributed by atoms with Crippen molar-refractivity contribution in [2.75, 3.05) is 5.32 Å². The van der Waals surface area contributed by atoms with Crippen LogP contribution in [0.1, 0.15) is 54.6 Å². The third-order valence-electron chi connectivity index (χ3n) is 3.81. The Kier molecular flexibility index (Phi) is 4.83. The van der Waals surface area contributed by atoms with E-state index in [4.69, 9.17) is 0 Å².